The highest BCUT2D eigenvalue weighted by molar-refractivity contribution is 5.84. The molecular weight excluding hydrogens is 232 g/mol. The normalized spacial score (nSPS) is 23.3. The summed E-state index contributed by atoms with van der Waals surface area (Å²) in [6.45, 7) is 4.98. The van der Waals surface area contributed by atoms with E-state index in [2.05, 4.69) is 5.16 Å². The maximum Gasteiger partial charge on any atom is 0.254 e. The van der Waals surface area contributed by atoms with Gasteiger partial charge in [-0.1, -0.05) is 12.1 Å². The fraction of sp³-hybridized carbons (Fsp3) is 0.692. The third-order valence-electron chi connectivity index (χ3n) is 3.38. The van der Waals surface area contributed by atoms with Crippen molar-refractivity contribution in [2.24, 2.45) is 0 Å². The summed E-state index contributed by atoms with van der Waals surface area (Å²) in [6.07, 6.45) is 2.56. The van der Waals surface area contributed by atoms with Crippen LogP contribution in [0.15, 0.2) is 10.6 Å². The van der Waals surface area contributed by atoms with E-state index in [0.717, 1.165) is 25.0 Å². The van der Waals surface area contributed by atoms with Crippen LogP contribution < -0.4 is 0 Å². The number of carbonyl (C=O) groups is 1. The van der Waals surface area contributed by atoms with Gasteiger partial charge >= 0.3 is 0 Å². The van der Waals surface area contributed by atoms with Crippen molar-refractivity contribution in [2.75, 3.05) is 13.7 Å². The molecule has 1 fully saturated rings. The molecule has 1 aliphatic rings. The summed E-state index contributed by atoms with van der Waals surface area (Å²) in [4.78, 5) is 13.9. The Morgan fingerprint density at radius 1 is 1.61 bits per heavy atom. The molecule has 0 bridgehead atoms. The second kappa shape index (κ2) is 5.10. The van der Waals surface area contributed by atoms with Crippen molar-refractivity contribution in [3.63, 3.8) is 0 Å². The number of amides is 1. The van der Waals surface area contributed by atoms with Crippen LogP contribution in [0.3, 0.4) is 0 Å². The number of ether oxygens (including phenoxy) is 1. The average molecular weight is 252 g/mol. The van der Waals surface area contributed by atoms with Crippen LogP contribution in [0.1, 0.15) is 38.1 Å². The maximum atomic E-state index is 12.3. The Labute approximate surface area is 107 Å². The lowest BCUT2D eigenvalue weighted by molar-refractivity contribution is -0.150. The van der Waals surface area contributed by atoms with Crippen molar-refractivity contribution in [2.45, 2.75) is 45.3 Å². The molecule has 1 aliphatic heterocycles. The third kappa shape index (κ3) is 2.56. The number of rotatable bonds is 4. The van der Waals surface area contributed by atoms with Gasteiger partial charge in [0, 0.05) is 19.7 Å². The molecule has 2 heterocycles. The van der Waals surface area contributed by atoms with E-state index in [1.165, 1.54) is 0 Å². The Balaban J connectivity index is 1.98. The summed E-state index contributed by atoms with van der Waals surface area (Å²) >= 11 is 0. The summed E-state index contributed by atoms with van der Waals surface area (Å²) in [5, 5.41) is 3.92. The average Bonchev–Trinajstić information content (AvgIpc) is 2.98. The van der Waals surface area contributed by atoms with Crippen molar-refractivity contribution in [1.29, 1.82) is 0 Å². The van der Waals surface area contributed by atoms with Crippen LogP contribution in [0.5, 0.6) is 0 Å². The number of likely N-dealkylation sites (N-methyl/N-ethyl adjacent to an activating group) is 1. The van der Waals surface area contributed by atoms with Crippen molar-refractivity contribution < 1.29 is 14.1 Å². The van der Waals surface area contributed by atoms with Gasteiger partial charge in [0.25, 0.3) is 5.91 Å². The quantitative estimate of drug-likeness (QED) is 0.819. The molecule has 0 spiro atoms. The topological polar surface area (TPSA) is 55.6 Å². The highest BCUT2D eigenvalue weighted by Crippen LogP contribution is 2.27. The summed E-state index contributed by atoms with van der Waals surface area (Å²) in [5.41, 5.74) is 0.247. The van der Waals surface area contributed by atoms with E-state index in [4.69, 9.17) is 9.26 Å². The van der Waals surface area contributed by atoms with E-state index in [1.807, 2.05) is 19.9 Å². The standard InChI is InChI=1S/C13H20N2O3/c1-4-10-8-11(18-14-10)9-15(3)12(16)13(2)6-5-7-17-13/h8H,4-7,9H2,1-3H3/t13-/m0/s1. The lowest BCUT2D eigenvalue weighted by Crippen LogP contribution is -2.44. The summed E-state index contributed by atoms with van der Waals surface area (Å²) in [7, 11) is 1.77. The molecule has 0 saturated carbocycles. The highest BCUT2D eigenvalue weighted by Gasteiger charge is 2.39. The Bertz CT molecular complexity index is 422. The summed E-state index contributed by atoms with van der Waals surface area (Å²) in [5.74, 6) is 0.721. The molecule has 0 aromatic carbocycles. The molecule has 1 aromatic heterocycles. The molecule has 0 unspecified atom stereocenters. The van der Waals surface area contributed by atoms with Crippen molar-refractivity contribution in [3.8, 4) is 0 Å². The fourth-order valence-electron chi connectivity index (χ4n) is 2.25. The summed E-state index contributed by atoms with van der Waals surface area (Å²) in [6, 6.07) is 1.89. The molecule has 0 N–H and O–H groups in total. The van der Waals surface area contributed by atoms with Crippen LogP contribution in [0, 0.1) is 0 Å². The lowest BCUT2D eigenvalue weighted by atomic mass is 10.0. The molecule has 0 radical (unpaired) electrons. The first kappa shape index (κ1) is 13.1. The van der Waals surface area contributed by atoms with Gasteiger partial charge in [-0.15, -0.1) is 0 Å². The van der Waals surface area contributed by atoms with Gasteiger partial charge in [-0.2, -0.15) is 0 Å². The molecule has 1 amide bonds. The van der Waals surface area contributed by atoms with Gasteiger partial charge in [0.1, 0.15) is 5.60 Å². The van der Waals surface area contributed by atoms with Gasteiger partial charge < -0.3 is 14.2 Å². The van der Waals surface area contributed by atoms with Crippen molar-refractivity contribution in [1.82, 2.24) is 10.1 Å². The number of hydrogen-bond donors (Lipinski definition) is 0. The van der Waals surface area contributed by atoms with E-state index in [0.29, 0.717) is 18.9 Å². The molecule has 1 saturated heterocycles. The molecule has 18 heavy (non-hydrogen) atoms. The lowest BCUT2D eigenvalue weighted by Gasteiger charge is -2.27. The number of carbonyl (C=O) groups excluding carboxylic acids is 1. The van der Waals surface area contributed by atoms with Gasteiger partial charge in [-0.3, -0.25) is 4.79 Å². The van der Waals surface area contributed by atoms with E-state index in [-0.39, 0.29) is 5.91 Å². The smallest absolute Gasteiger partial charge is 0.254 e. The first-order chi connectivity index (χ1) is 8.55. The Hall–Kier alpha value is -1.36. The van der Waals surface area contributed by atoms with Gasteiger partial charge in [0.05, 0.1) is 12.2 Å². The molecular formula is C13H20N2O3. The van der Waals surface area contributed by atoms with E-state index < -0.39 is 5.60 Å². The first-order valence-corrected chi connectivity index (χ1v) is 6.39. The van der Waals surface area contributed by atoms with Gasteiger partial charge in [-0.05, 0) is 26.2 Å². The SMILES string of the molecule is CCc1cc(CN(C)C(=O)[C@]2(C)CCCO2)on1. The second-order valence-corrected chi connectivity index (χ2v) is 4.98. The predicted octanol–water partition coefficient (Wildman–Crippen LogP) is 1.76. The zero-order chi connectivity index (χ0) is 13.2. The number of nitrogens with zero attached hydrogens (tertiary/aromatic N) is 2. The minimum Gasteiger partial charge on any atom is -0.365 e. The van der Waals surface area contributed by atoms with Crippen LogP contribution in [-0.2, 0) is 22.5 Å². The second-order valence-electron chi connectivity index (χ2n) is 4.98. The molecule has 5 heteroatoms. The molecule has 0 aliphatic carbocycles. The third-order valence-corrected chi connectivity index (χ3v) is 3.38. The zero-order valence-corrected chi connectivity index (χ0v) is 11.2. The van der Waals surface area contributed by atoms with Crippen molar-refractivity contribution in [3.05, 3.63) is 17.5 Å². The van der Waals surface area contributed by atoms with Crippen molar-refractivity contribution >= 4 is 5.91 Å². The number of aromatic nitrogens is 1. The zero-order valence-electron chi connectivity index (χ0n) is 11.2. The van der Waals surface area contributed by atoms with Gasteiger partial charge in [-0.25, -0.2) is 0 Å². The molecule has 100 valence electrons. The summed E-state index contributed by atoms with van der Waals surface area (Å²) < 4.78 is 10.7. The molecule has 5 nitrogen and oxygen atoms in total. The van der Waals surface area contributed by atoms with E-state index in [9.17, 15) is 4.79 Å². The Morgan fingerprint density at radius 2 is 2.39 bits per heavy atom. The maximum absolute atomic E-state index is 12.3. The van der Waals surface area contributed by atoms with Gasteiger partial charge in [0.15, 0.2) is 5.76 Å². The first-order valence-electron chi connectivity index (χ1n) is 6.39. The highest BCUT2D eigenvalue weighted by atomic mass is 16.5. The van der Waals surface area contributed by atoms with Crippen LogP contribution in [0.25, 0.3) is 0 Å². The van der Waals surface area contributed by atoms with Crippen LogP contribution in [0.2, 0.25) is 0 Å². The Kier molecular flexibility index (Phi) is 3.71. The predicted molar refractivity (Wildman–Crippen MR) is 65.9 cm³/mol. The van der Waals surface area contributed by atoms with Crippen LogP contribution in [-0.4, -0.2) is 35.2 Å². The molecule has 1 aromatic rings. The minimum atomic E-state index is -0.664. The van der Waals surface area contributed by atoms with Crippen LogP contribution >= 0.6 is 0 Å². The Morgan fingerprint density at radius 3 is 2.94 bits per heavy atom. The van der Waals surface area contributed by atoms with E-state index >= 15 is 0 Å². The number of hydrogen-bond acceptors (Lipinski definition) is 4. The van der Waals surface area contributed by atoms with Crippen LogP contribution in [0.4, 0.5) is 0 Å². The van der Waals surface area contributed by atoms with E-state index in [1.54, 1.807) is 11.9 Å². The molecule has 1 atom stereocenters. The fourth-order valence-corrected chi connectivity index (χ4v) is 2.25. The molecule has 2 rings (SSSR count). The monoisotopic (exact) mass is 252 g/mol. The largest absolute Gasteiger partial charge is 0.365 e. The minimum absolute atomic E-state index is 0.00875. The van der Waals surface area contributed by atoms with Gasteiger partial charge in [0.2, 0.25) is 0 Å². The number of aryl methyl sites for hydroxylation is 1.